The van der Waals surface area contributed by atoms with E-state index in [0.717, 1.165) is 6.42 Å². The van der Waals surface area contributed by atoms with Gasteiger partial charge in [-0.15, -0.1) is 0 Å². The fourth-order valence-corrected chi connectivity index (χ4v) is 1.05. The van der Waals surface area contributed by atoms with Gasteiger partial charge in [-0.2, -0.15) is 0 Å². The second kappa shape index (κ2) is 5.95. The lowest BCUT2D eigenvalue weighted by Gasteiger charge is -2.10. The molecule has 0 aliphatic rings. The Hall–Kier alpha value is -1.78. The third-order valence-electron chi connectivity index (χ3n) is 2.20. The zero-order valence-electron chi connectivity index (χ0n) is 9.45. The molecule has 0 saturated heterocycles. The van der Waals surface area contributed by atoms with Crippen LogP contribution in [0.4, 0.5) is 0 Å². The maximum atomic E-state index is 11.3. The van der Waals surface area contributed by atoms with Crippen molar-refractivity contribution in [1.82, 2.24) is 10.6 Å². The van der Waals surface area contributed by atoms with Crippen molar-refractivity contribution >= 4 is 11.8 Å². The molecule has 1 aromatic heterocycles. The number of rotatable bonds is 4. The van der Waals surface area contributed by atoms with Crippen LogP contribution in [0.15, 0.2) is 22.8 Å². The van der Waals surface area contributed by atoms with Crippen LogP contribution in [-0.2, 0) is 16.1 Å². The highest BCUT2D eigenvalue weighted by atomic mass is 16.3. The first kappa shape index (κ1) is 12.3. The molecular weight excluding hydrogens is 208 g/mol. The molecule has 0 aliphatic heterocycles. The lowest BCUT2D eigenvalue weighted by Crippen LogP contribution is -2.43. The van der Waals surface area contributed by atoms with Gasteiger partial charge in [0.1, 0.15) is 5.76 Å². The number of amides is 2. The highest BCUT2D eigenvalue weighted by molar-refractivity contribution is 6.35. The van der Waals surface area contributed by atoms with Gasteiger partial charge in [0.05, 0.1) is 12.8 Å². The Morgan fingerprint density at radius 1 is 1.44 bits per heavy atom. The Kier molecular flexibility index (Phi) is 4.57. The number of hydrogen-bond acceptors (Lipinski definition) is 3. The van der Waals surface area contributed by atoms with E-state index in [4.69, 9.17) is 4.42 Å². The van der Waals surface area contributed by atoms with Gasteiger partial charge in [-0.1, -0.05) is 6.92 Å². The number of hydrogen-bond donors (Lipinski definition) is 2. The molecule has 0 aliphatic carbocycles. The molecule has 0 bridgehead atoms. The van der Waals surface area contributed by atoms with Gasteiger partial charge in [-0.25, -0.2) is 0 Å². The number of carbonyl (C=O) groups excluding carboxylic acids is 2. The first-order chi connectivity index (χ1) is 7.63. The monoisotopic (exact) mass is 224 g/mol. The van der Waals surface area contributed by atoms with Crippen molar-refractivity contribution in [1.29, 1.82) is 0 Å². The maximum Gasteiger partial charge on any atom is 0.309 e. The standard InChI is InChI=1S/C11H16N2O3/c1-3-8(2)13-11(15)10(14)12-7-9-5-4-6-16-9/h4-6,8H,3,7H2,1-2H3,(H,12,14)(H,13,15). The van der Waals surface area contributed by atoms with E-state index >= 15 is 0 Å². The topological polar surface area (TPSA) is 71.3 Å². The fourth-order valence-electron chi connectivity index (χ4n) is 1.05. The molecule has 5 heteroatoms. The minimum atomic E-state index is -0.642. The van der Waals surface area contributed by atoms with Gasteiger partial charge in [0.15, 0.2) is 0 Å². The van der Waals surface area contributed by atoms with E-state index in [1.807, 2.05) is 13.8 Å². The lowest BCUT2D eigenvalue weighted by atomic mass is 10.2. The van der Waals surface area contributed by atoms with Crippen molar-refractivity contribution in [2.45, 2.75) is 32.9 Å². The van der Waals surface area contributed by atoms with Gasteiger partial charge < -0.3 is 15.1 Å². The normalized spacial score (nSPS) is 11.9. The molecule has 1 unspecified atom stereocenters. The maximum absolute atomic E-state index is 11.3. The van der Waals surface area contributed by atoms with Crippen molar-refractivity contribution in [2.24, 2.45) is 0 Å². The molecule has 1 rings (SSSR count). The highest BCUT2D eigenvalue weighted by Crippen LogP contribution is 1.98. The van der Waals surface area contributed by atoms with Crippen molar-refractivity contribution < 1.29 is 14.0 Å². The van der Waals surface area contributed by atoms with Gasteiger partial charge in [0.2, 0.25) is 0 Å². The predicted octanol–water partition coefficient (Wildman–Crippen LogP) is 0.810. The van der Waals surface area contributed by atoms with Crippen LogP contribution >= 0.6 is 0 Å². The molecule has 2 N–H and O–H groups in total. The quantitative estimate of drug-likeness (QED) is 0.743. The van der Waals surface area contributed by atoms with Crippen LogP contribution in [0, 0.1) is 0 Å². The minimum Gasteiger partial charge on any atom is -0.467 e. The van der Waals surface area contributed by atoms with Gasteiger partial charge in [-0.3, -0.25) is 9.59 Å². The predicted molar refractivity (Wildman–Crippen MR) is 58.5 cm³/mol. The van der Waals surface area contributed by atoms with E-state index in [1.165, 1.54) is 6.26 Å². The molecule has 16 heavy (non-hydrogen) atoms. The van der Waals surface area contributed by atoms with Gasteiger partial charge in [0.25, 0.3) is 0 Å². The Bertz CT molecular complexity index is 346. The molecule has 0 spiro atoms. The minimum absolute atomic E-state index is 0.00172. The van der Waals surface area contributed by atoms with E-state index in [0.29, 0.717) is 5.76 Å². The fraction of sp³-hybridized carbons (Fsp3) is 0.455. The number of nitrogens with one attached hydrogen (secondary N) is 2. The lowest BCUT2D eigenvalue weighted by molar-refractivity contribution is -0.139. The zero-order chi connectivity index (χ0) is 12.0. The van der Waals surface area contributed by atoms with Crippen molar-refractivity contribution in [3.63, 3.8) is 0 Å². The summed E-state index contributed by atoms with van der Waals surface area (Å²) in [4.78, 5) is 22.6. The van der Waals surface area contributed by atoms with Crippen LogP contribution in [0.25, 0.3) is 0 Å². The first-order valence-corrected chi connectivity index (χ1v) is 5.24. The first-order valence-electron chi connectivity index (χ1n) is 5.24. The van der Waals surface area contributed by atoms with Crippen LogP contribution in [0.3, 0.4) is 0 Å². The average molecular weight is 224 g/mol. The molecular formula is C11H16N2O3. The third-order valence-corrected chi connectivity index (χ3v) is 2.20. The molecule has 0 fully saturated rings. The van der Waals surface area contributed by atoms with E-state index in [9.17, 15) is 9.59 Å². The smallest absolute Gasteiger partial charge is 0.309 e. The van der Waals surface area contributed by atoms with Gasteiger partial charge >= 0.3 is 11.8 Å². The molecule has 1 heterocycles. The molecule has 0 aromatic carbocycles. The Labute approximate surface area is 94.2 Å². The van der Waals surface area contributed by atoms with Crippen LogP contribution in [0.2, 0.25) is 0 Å². The van der Waals surface area contributed by atoms with Gasteiger partial charge in [-0.05, 0) is 25.5 Å². The average Bonchev–Trinajstić information content (AvgIpc) is 2.78. The van der Waals surface area contributed by atoms with E-state index in [2.05, 4.69) is 10.6 Å². The summed E-state index contributed by atoms with van der Waals surface area (Å²) in [6, 6.07) is 3.45. The molecule has 1 atom stereocenters. The number of carbonyl (C=O) groups is 2. The highest BCUT2D eigenvalue weighted by Gasteiger charge is 2.14. The Morgan fingerprint density at radius 3 is 2.75 bits per heavy atom. The van der Waals surface area contributed by atoms with Crippen LogP contribution in [0.5, 0.6) is 0 Å². The second-order valence-electron chi connectivity index (χ2n) is 3.54. The summed E-state index contributed by atoms with van der Waals surface area (Å²) in [5.74, 6) is -0.637. The van der Waals surface area contributed by atoms with Crippen molar-refractivity contribution in [3.05, 3.63) is 24.2 Å². The molecule has 0 saturated carbocycles. The summed E-state index contributed by atoms with van der Waals surface area (Å²) in [5, 5.41) is 5.05. The summed E-state index contributed by atoms with van der Waals surface area (Å²) >= 11 is 0. The molecule has 2 amide bonds. The van der Waals surface area contributed by atoms with Gasteiger partial charge in [0, 0.05) is 6.04 Å². The molecule has 5 nitrogen and oxygen atoms in total. The SMILES string of the molecule is CCC(C)NC(=O)C(=O)NCc1ccco1. The van der Waals surface area contributed by atoms with Crippen LogP contribution in [-0.4, -0.2) is 17.9 Å². The molecule has 1 aromatic rings. The Balaban J connectivity index is 2.32. The van der Waals surface area contributed by atoms with E-state index < -0.39 is 11.8 Å². The largest absolute Gasteiger partial charge is 0.467 e. The second-order valence-corrected chi connectivity index (χ2v) is 3.54. The summed E-state index contributed by atoms with van der Waals surface area (Å²) in [6.07, 6.45) is 2.30. The van der Waals surface area contributed by atoms with Crippen LogP contribution in [0.1, 0.15) is 26.0 Å². The zero-order valence-corrected chi connectivity index (χ0v) is 9.45. The van der Waals surface area contributed by atoms with Crippen LogP contribution < -0.4 is 10.6 Å². The summed E-state index contributed by atoms with van der Waals surface area (Å²) in [7, 11) is 0. The summed E-state index contributed by atoms with van der Waals surface area (Å²) < 4.78 is 5.02. The van der Waals surface area contributed by atoms with E-state index in [-0.39, 0.29) is 12.6 Å². The van der Waals surface area contributed by atoms with Crippen molar-refractivity contribution in [3.8, 4) is 0 Å². The Morgan fingerprint density at radius 2 is 2.19 bits per heavy atom. The van der Waals surface area contributed by atoms with Crippen molar-refractivity contribution in [2.75, 3.05) is 0 Å². The molecule has 0 radical (unpaired) electrons. The summed E-state index contributed by atoms with van der Waals surface area (Å²) in [5.41, 5.74) is 0. The third kappa shape index (κ3) is 3.76. The summed E-state index contributed by atoms with van der Waals surface area (Å²) in [6.45, 7) is 4.00. The number of furan rings is 1. The van der Waals surface area contributed by atoms with E-state index in [1.54, 1.807) is 12.1 Å². The molecule has 88 valence electrons.